The maximum atomic E-state index is 9.82. The molecule has 18 heavy (non-hydrogen) atoms. The number of hydrogen-bond donors (Lipinski definition) is 2. The summed E-state index contributed by atoms with van der Waals surface area (Å²) in [7, 11) is 0. The summed E-state index contributed by atoms with van der Waals surface area (Å²) in [4.78, 5) is 0.909. The summed E-state index contributed by atoms with van der Waals surface area (Å²) in [6.45, 7) is 5.79. The highest BCUT2D eigenvalue weighted by Gasteiger charge is 2.08. The molecular weight excluding hydrogens is 289 g/mol. The number of rotatable bonds is 7. The minimum absolute atomic E-state index is 0.385. The third kappa shape index (κ3) is 6.30. The Morgan fingerprint density at radius 2 is 2.00 bits per heavy atom. The van der Waals surface area contributed by atoms with E-state index in [2.05, 4.69) is 19.2 Å². The normalized spacial score (nSPS) is 13.0. The fourth-order valence-corrected chi connectivity index (χ4v) is 2.80. The van der Waals surface area contributed by atoms with E-state index in [1.807, 2.05) is 6.07 Å². The van der Waals surface area contributed by atoms with Crippen molar-refractivity contribution < 1.29 is 5.11 Å². The lowest BCUT2D eigenvalue weighted by Gasteiger charge is -2.13. The van der Waals surface area contributed by atoms with E-state index in [-0.39, 0.29) is 6.10 Å². The van der Waals surface area contributed by atoms with Gasteiger partial charge in [-0.15, -0.1) is 11.8 Å². The summed E-state index contributed by atoms with van der Waals surface area (Å²) in [6, 6.07) is 5.35. The van der Waals surface area contributed by atoms with Gasteiger partial charge in [0.2, 0.25) is 0 Å². The molecule has 1 unspecified atom stereocenters. The average molecular weight is 308 g/mol. The summed E-state index contributed by atoms with van der Waals surface area (Å²) in [5, 5.41) is 14.4. The number of nitrogens with one attached hydrogen (secondary N) is 1. The van der Waals surface area contributed by atoms with Crippen molar-refractivity contribution >= 4 is 35.0 Å². The van der Waals surface area contributed by atoms with Crippen molar-refractivity contribution in [1.82, 2.24) is 5.32 Å². The minimum atomic E-state index is -0.385. The number of benzene rings is 1. The van der Waals surface area contributed by atoms with Crippen molar-refractivity contribution in [3.63, 3.8) is 0 Å². The van der Waals surface area contributed by atoms with Gasteiger partial charge in [-0.2, -0.15) is 0 Å². The van der Waals surface area contributed by atoms with Gasteiger partial charge in [0, 0.05) is 22.2 Å². The predicted octanol–water partition coefficient (Wildman–Crippen LogP) is 3.69. The van der Waals surface area contributed by atoms with E-state index >= 15 is 0 Å². The zero-order valence-electron chi connectivity index (χ0n) is 10.6. The van der Waals surface area contributed by atoms with Gasteiger partial charge in [0.1, 0.15) is 0 Å². The lowest BCUT2D eigenvalue weighted by Crippen LogP contribution is -2.30. The van der Waals surface area contributed by atoms with Gasteiger partial charge >= 0.3 is 0 Å². The van der Waals surface area contributed by atoms with Gasteiger partial charge in [0.15, 0.2) is 0 Å². The molecule has 0 aromatic heterocycles. The SMILES string of the molecule is CC(C)CNCC(O)CSc1cc(Cl)ccc1Cl. The fraction of sp³-hybridized carbons (Fsp3) is 0.538. The standard InChI is InChI=1S/C13H19Cl2NOS/c1-9(2)6-16-7-11(17)8-18-13-5-10(14)3-4-12(13)15/h3-5,9,11,16-17H,6-8H2,1-2H3. The maximum Gasteiger partial charge on any atom is 0.0758 e. The Labute approximate surface area is 123 Å². The molecule has 0 saturated carbocycles. The van der Waals surface area contributed by atoms with Gasteiger partial charge < -0.3 is 10.4 Å². The molecule has 0 fully saturated rings. The summed E-state index contributed by atoms with van der Waals surface area (Å²) >= 11 is 13.5. The van der Waals surface area contributed by atoms with Crippen LogP contribution < -0.4 is 5.32 Å². The number of aliphatic hydroxyl groups excluding tert-OH is 1. The van der Waals surface area contributed by atoms with Crippen LogP contribution in [0.4, 0.5) is 0 Å². The lowest BCUT2D eigenvalue weighted by atomic mass is 10.2. The highest BCUT2D eigenvalue weighted by molar-refractivity contribution is 7.99. The fourth-order valence-electron chi connectivity index (χ4n) is 1.37. The second-order valence-corrected chi connectivity index (χ2v) is 6.50. The van der Waals surface area contributed by atoms with Crippen molar-refractivity contribution in [3.8, 4) is 0 Å². The van der Waals surface area contributed by atoms with E-state index in [0.29, 0.717) is 28.3 Å². The monoisotopic (exact) mass is 307 g/mol. The Hall–Kier alpha value is 0.0700. The maximum absolute atomic E-state index is 9.82. The second kappa shape index (κ2) is 8.28. The largest absolute Gasteiger partial charge is 0.391 e. The first kappa shape index (κ1) is 16.1. The Balaban J connectivity index is 2.33. The van der Waals surface area contributed by atoms with Crippen LogP contribution in [0.1, 0.15) is 13.8 Å². The van der Waals surface area contributed by atoms with Crippen LogP contribution in [0, 0.1) is 5.92 Å². The van der Waals surface area contributed by atoms with Crippen LogP contribution in [0.15, 0.2) is 23.1 Å². The van der Waals surface area contributed by atoms with Crippen LogP contribution in [0.2, 0.25) is 10.0 Å². The van der Waals surface area contributed by atoms with Gasteiger partial charge in [0.05, 0.1) is 11.1 Å². The van der Waals surface area contributed by atoms with E-state index in [0.717, 1.165) is 11.4 Å². The summed E-state index contributed by atoms with van der Waals surface area (Å²) in [6.07, 6.45) is -0.385. The Morgan fingerprint density at radius 3 is 2.67 bits per heavy atom. The summed E-state index contributed by atoms with van der Waals surface area (Å²) in [5.41, 5.74) is 0. The van der Waals surface area contributed by atoms with Crippen molar-refractivity contribution in [1.29, 1.82) is 0 Å². The Bertz CT molecular complexity index is 374. The smallest absolute Gasteiger partial charge is 0.0758 e. The molecule has 102 valence electrons. The quantitative estimate of drug-likeness (QED) is 0.754. The molecule has 2 nitrogen and oxygen atoms in total. The molecule has 0 amide bonds. The third-order valence-electron chi connectivity index (χ3n) is 2.26. The highest BCUT2D eigenvalue weighted by atomic mass is 35.5. The van der Waals surface area contributed by atoms with Gasteiger partial charge in [-0.05, 0) is 30.7 Å². The number of thioether (sulfide) groups is 1. The van der Waals surface area contributed by atoms with Crippen molar-refractivity contribution in [2.24, 2.45) is 5.92 Å². The molecule has 0 aliphatic carbocycles. The summed E-state index contributed by atoms with van der Waals surface area (Å²) < 4.78 is 0. The molecule has 0 aliphatic heterocycles. The van der Waals surface area contributed by atoms with Crippen molar-refractivity contribution in [2.45, 2.75) is 24.8 Å². The molecule has 0 saturated heterocycles. The first-order chi connectivity index (χ1) is 8.49. The van der Waals surface area contributed by atoms with Crippen LogP contribution in [0.3, 0.4) is 0 Å². The van der Waals surface area contributed by atoms with Crippen molar-refractivity contribution in [2.75, 3.05) is 18.8 Å². The van der Waals surface area contributed by atoms with E-state index in [9.17, 15) is 5.11 Å². The third-order valence-corrected chi connectivity index (χ3v) is 4.13. The second-order valence-electron chi connectivity index (χ2n) is 4.59. The van der Waals surface area contributed by atoms with E-state index < -0.39 is 0 Å². The van der Waals surface area contributed by atoms with Gasteiger partial charge in [0.25, 0.3) is 0 Å². The lowest BCUT2D eigenvalue weighted by molar-refractivity contribution is 0.194. The first-order valence-electron chi connectivity index (χ1n) is 5.95. The number of halogens is 2. The minimum Gasteiger partial charge on any atom is -0.391 e. The van der Waals surface area contributed by atoms with Crippen LogP contribution in [-0.2, 0) is 0 Å². The Kier molecular flexibility index (Phi) is 7.42. The molecule has 1 atom stereocenters. The Morgan fingerprint density at radius 1 is 1.28 bits per heavy atom. The molecule has 1 aromatic carbocycles. The van der Waals surface area contributed by atoms with Gasteiger partial charge in [-0.3, -0.25) is 0 Å². The average Bonchev–Trinajstić information content (AvgIpc) is 2.30. The molecule has 5 heteroatoms. The van der Waals surface area contributed by atoms with Crippen LogP contribution in [0.5, 0.6) is 0 Å². The van der Waals surface area contributed by atoms with Gasteiger partial charge in [-0.25, -0.2) is 0 Å². The zero-order valence-corrected chi connectivity index (χ0v) is 12.9. The zero-order chi connectivity index (χ0) is 13.5. The topological polar surface area (TPSA) is 32.3 Å². The van der Waals surface area contributed by atoms with Crippen LogP contribution >= 0.6 is 35.0 Å². The van der Waals surface area contributed by atoms with Crippen LogP contribution in [0.25, 0.3) is 0 Å². The molecule has 0 aliphatic rings. The summed E-state index contributed by atoms with van der Waals surface area (Å²) in [5.74, 6) is 1.19. The number of hydrogen-bond acceptors (Lipinski definition) is 3. The number of aliphatic hydroxyl groups is 1. The molecule has 2 N–H and O–H groups in total. The molecule has 1 aromatic rings. The highest BCUT2D eigenvalue weighted by Crippen LogP contribution is 2.30. The molecular formula is C13H19Cl2NOS. The van der Waals surface area contributed by atoms with E-state index in [1.54, 1.807) is 12.1 Å². The first-order valence-corrected chi connectivity index (χ1v) is 7.70. The van der Waals surface area contributed by atoms with Crippen LogP contribution in [-0.4, -0.2) is 30.1 Å². The molecule has 0 radical (unpaired) electrons. The van der Waals surface area contributed by atoms with E-state index in [4.69, 9.17) is 23.2 Å². The molecule has 0 spiro atoms. The predicted molar refractivity (Wildman–Crippen MR) is 80.9 cm³/mol. The van der Waals surface area contributed by atoms with Gasteiger partial charge in [-0.1, -0.05) is 37.0 Å². The van der Waals surface area contributed by atoms with Crippen molar-refractivity contribution in [3.05, 3.63) is 28.2 Å². The van der Waals surface area contributed by atoms with E-state index in [1.165, 1.54) is 11.8 Å². The molecule has 0 heterocycles. The molecule has 0 bridgehead atoms. The molecule has 1 rings (SSSR count).